The molecule has 0 fully saturated rings. The molecule has 0 amide bonds. The predicted octanol–water partition coefficient (Wildman–Crippen LogP) is 2.39. The lowest BCUT2D eigenvalue weighted by atomic mass is 10.1. The number of Topliss-reactive ketones (excluding diaryl/α,β-unsaturated/α-hetero) is 1. The molecule has 2 rings (SSSR count). The largest absolute Gasteiger partial charge is 0.311 e. The first kappa shape index (κ1) is 10.9. The number of nitrogens with zero attached hydrogens (tertiary/aromatic N) is 1. The summed E-state index contributed by atoms with van der Waals surface area (Å²) in [6.07, 6.45) is 0. The van der Waals surface area contributed by atoms with Crippen LogP contribution in [0.1, 0.15) is 17.3 Å². The number of pyridine rings is 1. The van der Waals surface area contributed by atoms with E-state index in [0.29, 0.717) is 5.02 Å². The molecule has 0 unspecified atom stereocenters. The van der Waals surface area contributed by atoms with Crippen LogP contribution in [0.4, 0.5) is 0 Å². The Bertz CT molecular complexity index is 643. The van der Waals surface area contributed by atoms with Gasteiger partial charge in [-0.3, -0.25) is 9.59 Å². The van der Waals surface area contributed by atoms with E-state index >= 15 is 0 Å². The minimum absolute atomic E-state index is 0.192. The monoisotopic (exact) mass is 235 g/mol. The van der Waals surface area contributed by atoms with Gasteiger partial charge in [-0.2, -0.15) is 0 Å². The minimum atomic E-state index is -0.276. The van der Waals surface area contributed by atoms with E-state index in [1.807, 2.05) is 0 Å². The van der Waals surface area contributed by atoms with Gasteiger partial charge in [-0.15, -0.1) is 0 Å². The molecule has 2 aromatic rings. The number of aromatic nitrogens is 1. The minimum Gasteiger partial charge on any atom is -0.311 e. The highest BCUT2D eigenvalue weighted by Gasteiger charge is 2.10. The van der Waals surface area contributed by atoms with Crippen LogP contribution in [0, 0.1) is 0 Å². The summed E-state index contributed by atoms with van der Waals surface area (Å²) >= 11 is 5.87. The quantitative estimate of drug-likeness (QED) is 0.712. The highest BCUT2D eigenvalue weighted by molar-refractivity contribution is 6.31. The van der Waals surface area contributed by atoms with E-state index < -0.39 is 0 Å². The topological polar surface area (TPSA) is 39.1 Å². The summed E-state index contributed by atoms with van der Waals surface area (Å²) in [6.45, 7) is 1.38. The molecule has 1 aromatic heterocycles. The summed E-state index contributed by atoms with van der Waals surface area (Å²) in [5, 5.41) is 1.38. The van der Waals surface area contributed by atoms with Crippen LogP contribution < -0.4 is 5.56 Å². The summed E-state index contributed by atoms with van der Waals surface area (Å²) in [4.78, 5) is 23.1. The van der Waals surface area contributed by atoms with Gasteiger partial charge in [0.05, 0.1) is 11.1 Å². The maximum atomic E-state index is 11.8. The number of hydrogen-bond donors (Lipinski definition) is 0. The lowest BCUT2D eigenvalue weighted by molar-refractivity contribution is 0.101. The van der Waals surface area contributed by atoms with E-state index in [0.717, 1.165) is 10.9 Å². The van der Waals surface area contributed by atoms with Crippen LogP contribution in [-0.2, 0) is 7.05 Å². The average molecular weight is 236 g/mol. The van der Waals surface area contributed by atoms with Gasteiger partial charge in [0.2, 0.25) is 0 Å². The average Bonchev–Trinajstić information content (AvgIpc) is 2.22. The first-order valence-electron chi connectivity index (χ1n) is 4.81. The van der Waals surface area contributed by atoms with Crippen molar-refractivity contribution >= 4 is 28.3 Å². The Morgan fingerprint density at radius 3 is 2.62 bits per heavy atom. The molecule has 0 aliphatic heterocycles. The third kappa shape index (κ3) is 1.63. The number of carbonyl (C=O) groups excluding carboxylic acids is 1. The second-order valence-electron chi connectivity index (χ2n) is 3.68. The van der Waals surface area contributed by atoms with E-state index in [4.69, 9.17) is 11.6 Å². The van der Waals surface area contributed by atoms with Crippen molar-refractivity contribution in [1.29, 1.82) is 0 Å². The zero-order valence-corrected chi connectivity index (χ0v) is 9.71. The first-order chi connectivity index (χ1) is 7.50. The molecule has 0 bridgehead atoms. The van der Waals surface area contributed by atoms with Crippen LogP contribution in [0.3, 0.4) is 0 Å². The Kier molecular flexibility index (Phi) is 2.56. The molecular formula is C12H10ClNO2. The number of fused-ring (bicyclic) bond motifs is 1. The zero-order valence-electron chi connectivity index (χ0n) is 8.95. The molecule has 0 saturated carbocycles. The van der Waals surface area contributed by atoms with Gasteiger partial charge in [0, 0.05) is 17.5 Å². The fourth-order valence-electron chi connectivity index (χ4n) is 1.71. The molecule has 3 nitrogen and oxygen atoms in total. The van der Waals surface area contributed by atoms with Crippen LogP contribution in [0.2, 0.25) is 5.02 Å². The van der Waals surface area contributed by atoms with E-state index in [1.54, 1.807) is 31.3 Å². The van der Waals surface area contributed by atoms with Gasteiger partial charge in [0.15, 0.2) is 5.78 Å². The van der Waals surface area contributed by atoms with Gasteiger partial charge >= 0.3 is 0 Å². The molecule has 0 aliphatic rings. The number of carbonyl (C=O) groups is 1. The third-order valence-corrected chi connectivity index (χ3v) is 2.80. The van der Waals surface area contributed by atoms with Gasteiger partial charge in [-0.05, 0) is 31.2 Å². The molecule has 0 aliphatic carbocycles. The van der Waals surface area contributed by atoms with E-state index in [2.05, 4.69) is 0 Å². The molecule has 0 N–H and O–H groups in total. The first-order valence-corrected chi connectivity index (χ1v) is 5.19. The predicted molar refractivity (Wildman–Crippen MR) is 64.2 cm³/mol. The fourth-order valence-corrected chi connectivity index (χ4v) is 1.89. The summed E-state index contributed by atoms with van der Waals surface area (Å²) in [6, 6.07) is 6.81. The van der Waals surface area contributed by atoms with Gasteiger partial charge in [0.1, 0.15) is 0 Å². The lowest BCUT2D eigenvalue weighted by Crippen LogP contribution is -2.23. The molecule has 4 heteroatoms. The van der Waals surface area contributed by atoms with Gasteiger partial charge in [-0.25, -0.2) is 0 Å². The molecule has 0 radical (unpaired) electrons. The summed E-state index contributed by atoms with van der Waals surface area (Å²) < 4.78 is 1.46. The number of hydrogen-bond acceptors (Lipinski definition) is 2. The van der Waals surface area contributed by atoms with Crippen molar-refractivity contribution in [2.75, 3.05) is 0 Å². The standard InChI is InChI=1S/C12H10ClNO2/c1-7(15)10-6-8-5-9(13)3-4-11(8)14(2)12(10)16/h3-6H,1-2H3. The maximum Gasteiger partial charge on any atom is 0.261 e. The Hall–Kier alpha value is -1.61. The highest BCUT2D eigenvalue weighted by Crippen LogP contribution is 2.18. The third-order valence-electron chi connectivity index (χ3n) is 2.57. The molecule has 1 aromatic carbocycles. The lowest BCUT2D eigenvalue weighted by Gasteiger charge is -2.07. The molecule has 0 spiro atoms. The van der Waals surface area contributed by atoms with Crippen LogP contribution in [0.15, 0.2) is 29.1 Å². The van der Waals surface area contributed by atoms with E-state index in [-0.39, 0.29) is 16.9 Å². The molecule has 0 saturated heterocycles. The van der Waals surface area contributed by atoms with Crippen LogP contribution in [0.5, 0.6) is 0 Å². The number of rotatable bonds is 1. The number of aryl methyl sites for hydroxylation is 1. The molecule has 1 heterocycles. The van der Waals surface area contributed by atoms with Crippen molar-refractivity contribution in [3.05, 3.63) is 45.2 Å². The second-order valence-corrected chi connectivity index (χ2v) is 4.12. The van der Waals surface area contributed by atoms with Crippen LogP contribution in [0.25, 0.3) is 10.9 Å². The number of ketones is 1. The Morgan fingerprint density at radius 1 is 1.31 bits per heavy atom. The Morgan fingerprint density at radius 2 is 2.00 bits per heavy atom. The number of benzene rings is 1. The van der Waals surface area contributed by atoms with Crippen molar-refractivity contribution < 1.29 is 4.79 Å². The highest BCUT2D eigenvalue weighted by atomic mass is 35.5. The molecular weight excluding hydrogens is 226 g/mol. The summed E-state index contributed by atoms with van der Waals surface area (Å²) in [7, 11) is 1.64. The fraction of sp³-hybridized carbons (Fsp3) is 0.167. The van der Waals surface area contributed by atoms with Gasteiger partial charge < -0.3 is 4.57 Å². The molecule has 0 atom stereocenters. The van der Waals surface area contributed by atoms with Crippen molar-refractivity contribution in [3.8, 4) is 0 Å². The zero-order chi connectivity index (χ0) is 11.9. The van der Waals surface area contributed by atoms with Crippen LogP contribution >= 0.6 is 11.6 Å². The molecule has 16 heavy (non-hydrogen) atoms. The van der Waals surface area contributed by atoms with Crippen molar-refractivity contribution in [2.24, 2.45) is 7.05 Å². The maximum absolute atomic E-state index is 11.8. The van der Waals surface area contributed by atoms with Crippen LogP contribution in [-0.4, -0.2) is 10.4 Å². The van der Waals surface area contributed by atoms with E-state index in [9.17, 15) is 9.59 Å². The smallest absolute Gasteiger partial charge is 0.261 e. The SMILES string of the molecule is CC(=O)c1cc2cc(Cl)ccc2n(C)c1=O. The Labute approximate surface area is 97.3 Å². The van der Waals surface area contributed by atoms with Gasteiger partial charge in [-0.1, -0.05) is 11.6 Å². The van der Waals surface area contributed by atoms with Crippen molar-refractivity contribution in [1.82, 2.24) is 4.57 Å². The normalized spacial score (nSPS) is 10.7. The van der Waals surface area contributed by atoms with Crippen molar-refractivity contribution in [2.45, 2.75) is 6.92 Å². The van der Waals surface area contributed by atoms with Gasteiger partial charge in [0.25, 0.3) is 5.56 Å². The second kappa shape index (κ2) is 3.76. The Balaban J connectivity index is 2.94. The van der Waals surface area contributed by atoms with Crippen molar-refractivity contribution in [3.63, 3.8) is 0 Å². The molecule has 82 valence electrons. The summed E-state index contributed by atoms with van der Waals surface area (Å²) in [5.41, 5.74) is 0.680. The number of halogens is 1. The van der Waals surface area contributed by atoms with E-state index in [1.165, 1.54) is 11.5 Å². The summed E-state index contributed by atoms with van der Waals surface area (Å²) in [5.74, 6) is -0.234.